The van der Waals surface area contributed by atoms with Gasteiger partial charge in [-0.2, -0.15) is 5.26 Å². The van der Waals surface area contributed by atoms with Gasteiger partial charge in [-0.1, -0.05) is 31.9 Å². The van der Waals surface area contributed by atoms with Crippen LogP contribution in [0.25, 0.3) is 6.08 Å². The van der Waals surface area contributed by atoms with Gasteiger partial charge in [-0.3, -0.25) is 4.79 Å². The summed E-state index contributed by atoms with van der Waals surface area (Å²) in [5, 5.41) is 12.3. The van der Waals surface area contributed by atoms with E-state index >= 15 is 0 Å². The number of nitrogens with zero attached hydrogens (tertiary/aromatic N) is 2. The predicted molar refractivity (Wildman–Crippen MR) is 93.9 cm³/mol. The molecule has 2 unspecified atom stereocenters. The van der Waals surface area contributed by atoms with E-state index in [-0.39, 0.29) is 17.5 Å². The molecule has 0 spiro atoms. The minimum absolute atomic E-state index is 0.167. The minimum Gasteiger partial charge on any atom is -0.378 e. The number of rotatable bonds is 4. The van der Waals surface area contributed by atoms with Crippen LogP contribution in [0.1, 0.15) is 38.2 Å². The minimum atomic E-state index is -0.261. The quantitative estimate of drug-likeness (QED) is 0.685. The second kappa shape index (κ2) is 7.82. The van der Waals surface area contributed by atoms with Crippen LogP contribution in [0.2, 0.25) is 0 Å². The van der Waals surface area contributed by atoms with Crippen molar-refractivity contribution in [2.24, 2.45) is 5.92 Å². The fraction of sp³-hybridized carbons (Fsp3) is 0.474. The largest absolute Gasteiger partial charge is 0.378 e. The van der Waals surface area contributed by atoms with Crippen molar-refractivity contribution in [1.29, 1.82) is 5.26 Å². The van der Waals surface area contributed by atoms with Crippen LogP contribution in [0, 0.1) is 17.2 Å². The Hall–Kier alpha value is -2.28. The summed E-state index contributed by atoms with van der Waals surface area (Å²) >= 11 is 0. The Morgan fingerprint density at radius 1 is 1.26 bits per heavy atom. The normalized spacial score (nSPS) is 21.4. The summed E-state index contributed by atoms with van der Waals surface area (Å²) in [5.74, 6) is 0.218. The summed E-state index contributed by atoms with van der Waals surface area (Å²) in [6.07, 6.45) is 6.17. The smallest absolute Gasteiger partial charge is 0.262 e. The average Bonchev–Trinajstić information content (AvgIpc) is 2.55. The van der Waals surface area contributed by atoms with Crippen LogP contribution in [0.4, 0.5) is 5.69 Å². The summed E-state index contributed by atoms with van der Waals surface area (Å²) < 4.78 is 0. The number of nitrogens with one attached hydrogen (secondary N) is 1. The number of hydrogen-bond donors (Lipinski definition) is 1. The standard InChI is InChI=1S/C19H25N3O/c1-14-6-4-5-7-18(14)21-19(23)16(13-20)12-15-8-10-17(11-9-15)22(2)3/h8-12,14,18H,4-7H2,1-3H3,(H,21,23)/b16-12-. The molecule has 23 heavy (non-hydrogen) atoms. The number of amides is 1. The second-order valence-corrected chi connectivity index (χ2v) is 6.50. The van der Waals surface area contributed by atoms with E-state index in [9.17, 15) is 10.1 Å². The molecule has 0 radical (unpaired) electrons. The Kier molecular flexibility index (Phi) is 5.81. The Balaban J connectivity index is 2.08. The molecule has 0 aromatic heterocycles. The lowest BCUT2D eigenvalue weighted by Crippen LogP contribution is -2.41. The molecule has 0 aliphatic heterocycles. The van der Waals surface area contributed by atoms with Crippen LogP contribution < -0.4 is 10.2 Å². The third-order valence-corrected chi connectivity index (χ3v) is 4.51. The SMILES string of the molecule is CC1CCCCC1NC(=O)/C(C#N)=C\c1ccc(N(C)C)cc1. The molecule has 1 aliphatic carbocycles. The zero-order valence-electron chi connectivity index (χ0n) is 14.2. The topological polar surface area (TPSA) is 56.1 Å². The number of carbonyl (C=O) groups excluding carboxylic acids is 1. The number of benzene rings is 1. The highest BCUT2D eigenvalue weighted by molar-refractivity contribution is 6.01. The molecule has 1 N–H and O–H groups in total. The van der Waals surface area contributed by atoms with Crippen LogP contribution >= 0.6 is 0 Å². The van der Waals surface area contributed by atoms with E-state index in [0.29, 0.717) is 5.92 Å². The molecule has 0 heterocycles. The van der Waals surface area contributed by atoms with Gasteiger partial charge in [0, 0.05) is 25.8 Å². The second-order valence-electron chi connectivity index (χ2n) is 6.50. The third kappa shape index (κ3) is 4.59. The van der Waals surface area contributed by atoms with E-state index in [1.165, 1.54) is 6.42 Å². The monoisotopic (exact) mass is 311 g/mol. The predicted octanol–water partition coefficient (Wildman–Crippen LogP) is 3.35. The fourth-order valence-electron chi connectivity index (χ4n) is 2.96. The molecule has 1 amide bonds. The Labute approximate surface area is 138 Å². The third-order valence-electron chi connectivity index (χ3n) is 4.51. The van der Waals surface area contributed by atoms with Gasteiger partial charge in [0.15, 0.2) is 0 Å². The maximum absolute atomic E-state index is 12.4. The van der Waals surface area contributed by atoms with Crippen molar-refractivity contribution in [2.45, 2.75) is 38.6 Å². The number of nitriles is 1. The molecule has 1 aliphatic rings. The van der Waals surface area contributed by atoms with Gasteiger partial charge in [-0.25, -0.2) is 0 Å². The molecular weight excluding hydrogens is 286 g/mol. The van der Waals surface area contributed by atoms with Gasteiger partial charge in [0.05, 0.1) is 0 Å². The number of carbonyl (C=O) groups is 1. The van der Waals surface area contributed by atoms with Crippen molar-refractivity contribution < 1.29 is 4.79 Å². The van der Waals surface area contributed by atoms with Crippen molar-refractivity contribution in [3.8, 4) is 6.07 Å². The lowest BCUT2D eigenvalue weighted by Gasteiger charge is -2.29. The fourth-order valence-corrected chi connectivity index (χ4v) is 2.96. The van der Waals surface area contributed by atoms with Crippen molar-refractivity contribution in [3.05, 3.63) is 35.4 Å². The first-order valence-corrected chi connectivity index (χ1v) is 8.21. The molecule has 1 saturated carbocycles. The van der Waals surface area contributed by atoms with Gasteiger partial charge in [-0.15, -0.1) is 0 Å². The van der Waals surface area contributed by atoms with E-state index < -0.39 is 0 Å². The summed E-state index contributed by atoms with van der Waals surface area (Å²) in [6, 6.07) is 10.0. The van der Waals surface area contributed by atoms with Gasteiger partial charge >= 0.3 is 0 Å². The summed E-state index contributed by atoms with van der Waals surface area (Å²) in [7, 11) is 3.95. The number of anilines is 1. The van der Waals surface area contributed by atoms with E-state index in [2.05, 4.69) is 12.2 Å². The van der Waals surface area contributed by atoms with Crippen molar-refractivity contribution in [1.82, 2.24) is 5.32 Å². The van der Waals surface area contributed by atoms with E-state index in [1.54, 1.807) is 6.08 Å². The van der Waals surface area contributed by atoms with Gasteiger partial charge in [0.25, 0.3) is 5.91 Å². The summed E-state index contributed by atoms with van der Waals surface area (Å²) in [5.41, 5.74) is 2.11. The van der Waals surface area contributed by atoms with Crippen molar-refractivity contribution in [2.75, 3.05) is 19.0 Å². The highest BCUT2D eigenvalue weighted by Gasteiger charge is 2.23. The maximum atomic E-state index is 12.4. The summed E-state index contributed by atoms with van der Waals surface area (Å²) in [6.45, 7) is 2.17. The average molecular weight is 311 g/mol. The Morgan fingerprint density at radius 3 is 2.48 bits per heavy atom. The molecule has 1 aromatic rings. The number of hydrogen-bond acceptors (Lipinski definition) is 3. The van der Waals surface area contributed by atoms with E-state index in [0.717, 1.165) is 30.5 Å². The molecule has 0 bridgehead atoms. The van der Waals surface area contributed by atoms with Crippen molar-refractivity contribution in [3.63, 3.8) is 0 Å². The lowest BCUT2D eigenvalue weighted by molar-refractivity contribution is -0.118. The zero-order valence-corrected chi connectivity index (χ0v) is 14.2. The van der Waals surface area contributed by atoms with Gasteiger partial charge in [-0.05, 0) is 42.5 Å². The van der Waals surface area contributed by atoms with Gasteiger partial charge in [0.1, 0.15) is 11.6 Å². The van der Waals surface area contributed by atoms with Crippen LogP contribution in [0.5, 0.6) is 0 Å². The molecule has 122 valence electrons. The van der Waals surface area contributed by atoms with E-state index in [4.69, 9.17) is 0 Å². The summed E-state index contributed by atoms with van der Waals surface area (Å²) in [4.78, 5) is 14.4. The van der Waals surface area contributed by atoms with Gasteiger partial charge in [0.2, 0.25) is 0 Å². The highest BCUT2D eigenvalue weighted by Crippen LogP contribution is 2.24. The van der Waals surface area contributed by atoms with Crippen molar-refractivity contribution >= 4 is 17.7 Å². The van der Waals surface area contributed by atoms with E-state index in [1.807, 2.05) is 49.3 Å². The first kappa shape index (κ1) is 17.1. The molecule has 2 atom stereocenters. The molecule has 4 heteroatoms. The molecule has 0 saturated heterocycles. The molecule has 2 rings (SSSR count). The van der Waals surface area contributed by atoms with Crippen LogP contribution in [0.15, 0.2) is 29.8 Å². The zero-order chi connectivity index (χ0) is 16.8. The molecule has 1 fully saturated rings. The van der Waals surface area contributed by atoms with Crippen LogP contribution in [0.3, 0.4) is 0 Å². The lowest BCUT2D eigenvalue weighted by atomic mass is 9.86. The Morgan fingerprint density at radius 2 is 1.91 bits per heavy atom. The Bertz CT molecular complexity index is 610. The molecule has 4 nitrogen and oxygen atoms in total. The maximum Gasteiger partial charge on any atom is 0.262 e. The molecule has 1 aromatic carbocycles. The molecular formula is C19H25N3O. The highest BCUT2D eigenvalue weighted by atomic mass is 16.1. The van der Waals surface area contributed by atoms with Gasteiger partial charge < -0.3 is 10.2 Å². The van der Waals surface area contributed by atoms with Crippen LogP contribution in [-0.2, 0) is 4.79 Å². The first-order valence-electron chi connectivity index (χ1n) is 8.21. The van der Waals surface area contributed by atoms with Crippen LogP contribution in [-0.4, -0.2) is 26.0 Å². The first-order chi connectivity index (χ1) is 11.0.